The highest BCUT2D eigenvalue weighted by Crippen LogP contribution is 2.25. The Morgan fingerprint density at radius 2 is 2.42 bits per heavy atom. The zero-order chi connectivity index (χ0) is 8.55. The smallest absolute Gasteiger partial charge is 0.142 e. The third kappa shape index (κ3) is 1.07. The van der Waals surface area contributed by atoms with Crippen LogP contribution >= 0.6 is 0 Å². The second kappa shape index (κ2) is 2.59. The van der Waals surface area contributed by atoms with Crippen molar-refractivity contribution in [3.05, 3.63) is 29.6 Å². The molecule has 12 heavy (non-hydrogen) atoms. The quantitative estimate of drug-likeness (QED) is 0.636. The van der Waals surface area contributed by atoms with E-state index in [1.54, 1.807) is 6.07 Å². The molecule has 1 aliphatic heterocycles. The van der Waals surface area contributed by atoms with E-state index >= 15 is 0 Å². The second-order valence-corrected chi connectivity index (χ2v) is 2.89. The molecule has 1 atom stereocenters. The number of nitrogens with one attached hydrogen (secondary N) is 1. The van der Waals surface area contributed by atoms with Gasteiger partial charge in [0.2, 0.25) is 0 Å². The molecule has 3 heteroatoms. The van der Waals surface area contributed by atoms with E-state index in [0.717, 1.165) is 17.5 Å². The number of hydrogen-bond acceptors (Lipinski definition) is 2. The van der Waals surface area contributed by atoms with Gasteiger partial charge < -0.3 is 10.1 Å². The Bertz CT molecular complexity index is 324. The molecule has 0 bridgehead atoms. The molecule has 2 nitrogen and oxygen atoms in total. The molecular formula is C9H8FNO. The zero-order valence-electron chi connectivity index (χ0n) is 6.38. The van der Waals surface area contributed by atoms with Gasteiger partial charge in [0.05, 0.1) is 6.04 Å². The van der Waals surface area contributed by atoms with Crippen LogP contribution in [-0.2, 0) is 11.2 Å². The van der Waals surface area contributed by atoms with E-state index in [1.807, 2.05) is 0 Å². The number of anilines is 1. The fourth-order valence-corrected chi connectivity index (χ4v) is 1.44. The van der Waals surface area contributed by atoms with E-state index in [0.29, 0.717) is 6.42 Å². The highest BCUT2D eigenvalue weighted by molar-refractivity contribution is 5.71. The first-order chi connectivity index (χ1) is 5.79. The Labute approximate surface area is 69.4 Å². The first kappa shape index (κ1) is 7.28. The predicted octanol–water partition coefficient (Wildman–Crippen LogP) is 1.36. The third-order valence-corrected chi connectivity index (χ3v) is 2.01. The van der Waals surface area contributed by atoms with Crippen molar-refractivity contribution in [3.8, 4) is 0 Å². The lowest BCUT2D eigenvalue weighted by Crippen LogP contribution is -2.15. The van der Waals surface area contributed by atoms with Gasteiger partial charge in [-0.25, -0.2) is 4.39 Å². The van der Waals surface area contributed by atoms with Crippen LogP contribution in [0.3, 0.4) is 0 Å². The van der Waals surface area contributed by atoms with Gasteiger partial charge in [-0.2, -0.15) is 0 Å². The number of benzene rings is 1. The molecule has 2 rings (SSSR count). The molecule has 0 aliphatic carbocycles. The summed E-state index contributed by atoms with van der Waals surface area (Å²) in [5.41, 5.74) is 1.75. The molecule has 0 saturated carbocycles. The number of carbonyl (C=O) groups is 1. The molecule has 0 spiro atoms. The molecule has 1 heterocycles. The van der Waals surface area contributed by atoms with Crippen LogP contribution in [0.5, 0.6) is 0 Å². The topological polar surface area (TPSA) is 29.1 Å². The summed E-state index contributed by atoms with van der Waals surface area (Å²) in [6, 6.07) is 4.33. The van der Waals surface area contributed by atoms with E-state index in [1.165, 1.54) is 12.1 Å². The SMILES string of the molecule is O=CC1Cc2cc(F)ccc2N1. The maximum atomic E-state index is 12.7. The maximum Gasteiger partial charge on any atom is 0.142 e. The van der Waals surface area contributed by atoms with Gasteiger partial charge in [-0.3, -0.25) is 0 Å². The molecule has 1 aliphatic rings. The lowest BCUT2D eigenvalue weighted by Gasteiger charge is -1.99. The molecular weight excluding hydrogens is 157 g/mol. The Morgan fingerprint density at radius 3 is 3.17 bits per heavy atom. The summed E-state index contributed by atoms with van der Waals surface area (Å²) in [5.74, 6) is -0.248. The van der Waals surface area contributed by atoms with Gasteiger partial charge in [0.1, 0.15) is 12.1 Å². The number of fused-ring (bicyclic) bond motifs is 1. The van der Waals surface area contributed by atoms with Crippen LogP contribution in [0.25, 0.3) is 0 Å². The van der Waals surface area contributed by atoms with Crippen molar-refractivity contribution in [2.75, 3.05) is 5.32 Å². The summed E-state index contributed by atoms with van der Waals surface area (Å²) in [6.07, 6.45) is 1.44. The van der Waals surface area contributed by atoms with Crippen LogP contribution in [0.15, 0.2) is 18.2 Å². The Hall–Kier alpha value is -1.38. The van der Waals surface area contributed by atoms with Crippen molar-refractivity contribution in [1.82, 2.24) is 0 Å². The van der Waals surface area contributed by atoms with Crippen LogP contribution < -0.4 is 5.32 Å². The van der Waals surface area contributed by atoms with Crippen LogP contribution in [-0.4, -0.2) is 12.3 Å². The summed E-state index contributed by atoms with van der Waals surface area (Å²) < 4.78 is 12.7. The Kier molecular flexibility index (Phi) is 1.57. The van der Waals surface area contributed by atoms with Crippen molar-refractivity contribution in [2.24, 2.45) is 0 Å². The number of rotatable bonds is 1. The van der Waals surface area contributed by atoms with Gasteiger partial charge in [0.25, 0.3) is 0 Å². The van der Waals surface area contributed by atoms with Crippen LogP contribution in [0.1, 0.15) is 5.56 Å². The average molecular weight is 165 g/mol. The van der Waals surface area contributed by atoms with Gasteiger partial charge >= 0.3 is 0 Å². The minimum absolute atomic E-state index is 0.179. The number of aldehydes is 1. The largest absolute Gasteiger partial charge is 0.375 e. The molecule has 0 fully saturated rings. The molecule has 0 aromatic heterocycles. The van der Waals surface area contributed by atoms with Gasteiger partial charge in [-0.1, -0.05) is 0 Å². The molecule has 0 saturated heterocycles. The van der Waals surface area contributed by atoms with Crippen molar-refractivity contribution < 1.29 is 9.18 Å². The third-order valence-electron chi connectivity index (χ3n) is 2.01. The average Bonchev–Trinajstić information content (AvgIpc) is 2.46. The molecule has 1 aromatic rings. The minimum Gasteiger partial charge on any atom is -0.375 e. The van der Waals surface area contributed by atoms with E-state index < -0.39 is 0 Å². The van der Waals surface area contributed by atoms with Crippen LogP contribution in [0.2, 0.25) is 0 Å². The van der Waals surface area contributed by atoms with E-state index in [2.05, 4.69) is 5.32 Å². The molecule has 62 valence electrons. The summed E-state index contributed by atoms with van der Waals surface area (Å²) in [6.45, 7) is 0. The Morgan fingerprint density at radius 1 is 1.58 bits per heavy atom. The molecule has 1 N–H and O–H groups in total. The lowest BCUT2D eigenvalue weighted by molar-refractivity contribution is -0.108. The van der Waals surface area contributed by atoms with Crippen LogP contribution in [0, 0.1) is 5.82 Å². The second-order valence-electron chi connectivity index (χ2n) is 2.89. The standard InChI is InChI=1S/C9H8FNO/c10-7-1-2-9-6(3-7)4-8(5-12)11-9/h1-3,5,8,11H,4H2. The summed E-state index contributed by atoms with van der Waals surface area (Å²) in [4.78, 5) is 10.4. The summed E-state index contributed by atoms with van der Waals surface area (Å²) in [7, 11) is 0. The highest BCUT2D eigenvalue weighted by atomic mass is 19.1. The number of carbonyl (C=O) groups excluding carboxylic acids is 1. The maximum absolute atomic E-state index is 12.7. The number of halogens is 1. The Balaban J connectivity index is 2.35. The lowest BCUT2D eigenvalue weighted by atomic mass is 10.1. The van der Waals surface area contributed by atoms with Gasteiger partial charge in [0.15, 0.2) is 0 Å². The fraction of sp³-hybridized carbons (Fsp3) is 0.222. The number of hydrogen-bond donors (Lipinski definition) is 1. The normalized spacial score (nSPS) is 19.9. The monoisotopic (exact) mass is 165 g/mol. The molecule has 1 aromatic carbocycles. The van der Waals surface area contributed by atoms with Crippen molar-refractivity contribution in [3.63, 3.8) is 0 Å². The van der Waals surface area contributed by atoms with Crippen molar-refractivity contribution >= 4 is 12.0 Å². The predicted molar refractivity (Wildman–Crippen MR) is 43.6 cm³/mol. The van der Waals surface area contributed by atoms with Crippen LogP contribution in [0.4, 0.5) is 10.1 Å². The van der Waals surface area contributed by atoms with Crippen molar-refractivity contribution in [1.29, 1.82) is 0 Å². The van der Waals surface area contributed by atoms with E-state index in [-0.39, 0.29) is 11.9 Å². The molecule has 0 radical (unpaired) electrons. The fourth-order valence-electron chi connectivity index (χ4n) is 1.44. The molecule has 1 unspecified atom stereocenters. The zero-order valence-corrected chi connectivity index (χ0v) is 6.38. The first-order valence-corrected chi connectivity index (χ1v) is 3.80. The minimum atomic E-state index is -0.248. The highest BCUT2D eigenvalue weighted by Gasteiger charge is 2.19. The van der Waals surface area contributed by atoms with Gasteiger partial charge in [-0.05, 0) is 23.8 Å². The van der Waals surface area contributed by atoms with Gasteiger partial charge in [-0.15, -0.1) is 0 Å². The van der Waals surface area contributed by atoms with Crippen molar-refractivity contribution in [2.45, 2.75) is 12.5 Å². The van der Waals surface area contributed by atoms with Gasteiger partial charge in [0, 0.05) is 12.1 Å². The summed E-state index contributed by atoms with van der Waals surface area (Å²) in [5, 5.41) is 2.98. The van der Waals surface area contributed by atoms with E-state index in [9.17, 15) is 9.18 Å². The summed E-state index contributed by atoms with van der Waals surface area (Å²) >= 11 is 0. The first-order valence-electron chi connectivity index (χ1n) is 3.80. The molecule has 0 amide bonds. The van der Waals surface area contributed by atoms with E-state index in [4.69, 9.17) is 0 Å².